The number of carbonyl (C=O) groups is 1. The zero-order valence-electron chi connectivity index (χ0n) is 14.8. The standard InChI is InChI=1S/C21H19N3O3/c1-2-16-18(20-22-12-17(27-20)13-7-4-3-5-8-13)19(24-21(26)23-16)14-9-6-10-15(25)11-14/h3-12,18-19,25H,2H2,1H3,(H,24,26). The summed E-state index contributed by atoms with van der Waals surface area (Å²) in [4.78, 5) is 20.7. The van der Waals surface area contributed by atoms with E-state index in [4.69, 9.17) is 4.42 Å². The van der Waals surface area contributed by atoms with Gasteiger partial charge in [0, 0.05) is 11.3 Å². The smallest absolute Gasteiger partial charge is 0.341 e. The summed E-state index contributed by atoms with van der Waals surface area (Å²) in [5, 5.41) is 12.7. The average molecular weight is 361 g/mol. The summed E-state index contributed by atoms with van der Waals surface area (Å²) < 4.78 is 6.05. The number of benzene rings is 2. The van der Waals surface area contributed by atoms with Crippen molar-refractivity contribution in [3.8, 4) is 17.1 Å². The molecule has 1 aliphatic heterocycles. The fraction of sp³-hybridized carbons (Fsp3) is 0.190. The molecule has 27 heavy (non-hydrogen) atoms. The van der Waals surface area contributed by atoms with Gasteiger partial charge >= 0.3 is 6.03 Å². The van der Waals surface area contributed by atoms with E-state index >= 15 is 0 Å². The number of amides is 2. The van der Waals surface area contributed by atoms with Gasteiger partial charge in [0.2, 0.25) is 5.89 Å². The summed E-state index contributed by atoms with van der Waals surface area (Å²) in [6.07, 6.45) is 2.28. The molecule has 0 aliphatic carbocycles. The lowest BCUT2D eigenvalue weighted by Gasteiger charge is -2.30. The van der Waals surface area contributed by atoms with Crippen LogP contribution in [0.15, 0.2) is 70.2 Å². The lowest BCUT2D eigenvalue weighted by Crippen LogP contribution is -2.39. The molecule has 6 nitrogen and oxygen atoms in total. The van der Waals surface area contributed by atoms with Crippen molar-refractivity contribution in [3.05, 3.63) is 72.2 Å². The normalized spacial score (nSPS) is 19.4. The summed E-state index contributed by atoms with van der Waals surface area (Å²) in [5.74, 6) is 0.945. The minimum atomic E-state index is -0.417. The first-order chi connectivity index (χ1) is 13.2. The van der Waals surface area contributed by atoms with E-state index in [0.717, 1.165) is 11.1 Å². The topological polar surface area (TPSA) is 87.7 Å². The maximum Gasteiger partial charge on any atom is 0.341 e. The fourth-order valence-electron chi connectivity index (χ4n) is 3.39. The van der Waals surface area contributed by atoms with Crippen molar-refractivity contribution in [2.45, 2.75) is 25.3 Å². The van der Waals surface area contributed by atoms with Crippen LogP contribution in [0.2, 0.25) is 0 Å². The third-order valence-corrected chi connectivity index (χ3v) is 4.66. The number of hydrogen-bond acceptors (Lipinski definition) is 4. The summed E-state index contributed by atoms with van der Waals surface area (Å²) in [5.41, 5.74) is 2.40. The van der Waals surface area contributed by atoms with Crippen molar-refractivity contribution in [2.24, 2.45) is 4.99 Å². The van der Waals surface area contributed by atoms with Gasteiger partial charge < -0.3 is 14.8 Å². The number of hydrogen-bond donors (Lipinski definition) is 2. The molecule has 0 spiro atoms. The zero-order chi connectivity index (χ0) is 18.8. The van der Waals surface area contributed by atoms with Gasteiger partial charge in [0.1, 0.15) is 5.75 Å². The second-order valence-electron chi connectivity index (χ2n) is 6.39. The molecule has 2 aromatic carbocycles. The number of aliphatic imine (C=N–C) groups is 1. The van der Waals surface area contributed by atoms with Gasteiger partial charge in [0.05, 0.1) is 18.2 Å². The number of phenols is 1. The van der Waals surface area contributed by atoms with Crippen LogP contribution in [0, 0.1) is 0 Å². The molecule has 1 aromatic heterocycles. The van der Waals surface area contributed by atoms with Crippen LogP contribution in [0.25, 0.3) is 11.3 Å². The van der Waals surface area contributed by atoms with Gasteiger partial charge in [-0.15, -0.1) is 0 Å². The van der Waals surface area contributed by atoms with Crippen LogP contribution in [-0.4, -0.2) is 21.8 Å². The molecule has 136 valence electrons. The quantitative estimate of drug-likeness (QED) is 0.719. The number of aromatic nitrogens is 1. The summed E-state index contributed by atoms with van der Waals surface area (Å²) >= 11 is 0. The minimum absolute atomic E-state index is 0.137. The van der Waals surface area contributed by atoms with Crippen LogP contribution in [0.4, 0.5) is 4.79 Å². The fourth-order valence-corrected chi connectivity index (χ4v) is 3.39. The van der Waals surface area contributed by atoms with Crippen molar-refractivity contribution in [1.82, 2.24) is 10.3 Å². The van der Waals surface area contributed by atoms with Crippen LogP contribution < -0.4 is 5.32 Å². The Morgan fingerprint density at radius 2 is 1.96 bits per heavy atom. The molecule has 2 heterocycles. The summed E-state index contributed by atoms with van der Waals surface area (Å²) in [7, 11) is 0. The first-order valence-corrected chi connectivity index (χ1v) is 8.83. The van der Waals surface area contributed by atoms with Gasteiger partial charge in [-0.3, -0.25) is 0 Å². The molecule has 2 N–H and O–H groups in total. The van der Waals surface area contributed by atoms with E-state index in [-0.39, 0.29) is 11.7 Å². The third kappa shape index (κ3) is 3.33. The monoisotopic (exact) mass is 361 g/mol. The number of carbonyl (C=O) groups excluding carboxylic acids is 1. The van der Waals surface area contributed by atoms with E-state index in [9.17, 15) is 9.90 Å². The lowest BCUT2D eigenvalue weighted by atomic mass is 9.86. The predicted molar refractivity (Wildman–Crippen MR) is 102 cm³/mol. The van der Waals surface area contributed by atoms with Crippen molar-refractivity contribution in [2.75, 3.05) is 0 Å². The zero-order valence-corrected chi connectivity index (χ0v) is 14.8. The lowest BCUT2D eigenvalue weighted by molar-refractivity contribution is 0.241. The number of nitrogens with zero attached hydrogens (tertiary/aromatic N) is 2. The van der Waals surface area contributed by atoms with Crippen molar-refractivity contribution in [3.63, 3.8) is 0 Å². The first-order valence-electron chi connectivity index (χ1n) is 8.83. The highest BCUT2D eigenvalue weighted by molar-refractivity contribution is 6.01. The molecule has 0 bridgehead atoms. The Kier molecular flexibility index (Phi) is 4.46. The number of oxazole rings is 1. The Morgan fingerprint density at radius 3 is 2.70 bits per heavy atom. The second kappa shape index (κ2) is 7.07. The maximum absolute atomic E-state index is 12.1. The first kappa shape index (κ1) is 17.0. The highest BCUT2D eigenvalue weighted by atomic mass is 16.4. The molecule has 3 aromatic rings. The Hall–Kier alpha value is -3.41. The molecular formula is C21H19N3O3. The highest BCUT2D eigenvalue weighted by Crippen LogP contribution is 2.37. The average Bonchev–Trinajstić information content (AvgIpc) is 3.17. The van der Waals surface area contributed by atoms with Gasteiger partial charge in [0.15, 0.2) is 5.76 Å². The van der Waals surface area contributed by atoms with Gasteiger partial charge in [0.25, 0.3) is 0 Å². The van der Waals surface area contributed by atoms with Crippen LogP contribution in [0.3, 0.4) is 0 Å². The number of nitrogens with one attached hydrogen (secondary N) is 1. The van der Waals surface area contributed by atoms with E-state index in [1.165, 1.54) is 0 Å². The Morgan fingerprint density at radius 1 is 1.15 bits per heavy atom. The van der Waals surface area contributed by atoms with Crippen molar-refractivity contribution in [1.29, 1.82) is 0 Å². The third-order valence-electron chi connectivity index (χ3n) is 4.66. The molecule has 2 unspecified atom stereocenters. The summed E-state index contributed by atoms with van der Waals surface area (Å²) in [6.45, 7) is 1.95. The number of phenolic OH excluding ortho intramolecular Hbond substituents is 1. The molecule has 2 amide bonds. The summed E-state index contributed by atoms with van der Waals surface area (Å²) in [6, 6.07) is 15.7. The molecule has 2 atom stereocenters. The van der Waals surface area contributed by atoms with Crippen LogP contribution in [-0.2, 0) is 0 Å². The predicted octanol–water partition coefficient (Wildman–Crippen LogP) is 4.45. The van der Waals surface area contributed by atoms with Crippen LogP contribution in [0.5, 0.6) is 5.75 Å². The maximum atomic E-state index is 12.1. The van der Waals surface area contributed by atoms with Gasteiger partial charge in [-0.1, -0.05) is 49.4 Å². The molecule has 0 radical (unpaired) electrons. The number of aromatic hydroxyl groups is 1. The Labute approximate surface area is 156 Å². The molecule has 0 saturated carbocycles. The molecule has 0 fully saturated rings. The highest BCUT2D eigenvalue weighted by Gasteiger charge is 2.37. The van der Waals surface area contributed by atoms with Crippen molar-refractivity contribution < 1.29 is 14.3 Å². The van der Waals surface area contributed by atoms with Gasteiger partial charge in [-0.25, -0.2) is 14.8 Å². The minimum Gasteiger partial charge on any atom is -0.508 e. The van der Waals surface area contributed by atoms with E-state index in [1.807, 2.05) is 43.3 Å². The van der Waals surface area contributed by atoms with Crippen LogP contribution in [0.1, 0.15) is 36.8 Å². The molecule has 0 saturated heterocycles. The van der Waals surface area contributed by atoms with Gasteiger partial charge in [-0.2, -0.15) is 0 Å². The van der Waals surface area contributed by atoms with Gasteiger partial charge in [-0.05, 0) is 24.1 Å². The van der Waals surface area contributed by atoms with Crippen molar-refractivity contribution >= 4 is 11.7 Å². The molecular weight excluding hydrogens is 342 g/mol. The number of rotatable bonds is 4. The van der Waals surface area contributed by atoms with E-state index in [2.05, 4.69) is 15.3 Å². The molecule has 1 aliphatic rings. The molecule has 6 heteroatoms. The van der Waals surface area contributed by atoms with E-state index in [0.29, 0.717) is 23.8 Å². The second-order valence-corrected chi connectivity index (χ2v) is 6.39. The largest absolute Gasteiger partial charge is 0.508 e. The van der Waals surface area contributed by atoms with E-state index in [1.54, 1.807) is 24.4 Å². The Bertz CT molecular complexity index is 995. The SMILES string of the molecule is CCC1=NC(=O)NC(c2cccc(O)c2)C1c1ncc(-c2ccccc2)o1. The Balaban J connectivity index is 1.78. The van der Waals surface area contributed by atoms with Crippen LogP contribution >= 0.6 is 0 Å². The molecule has 4 rings (SSSR count). The number of urea groups is 1. The van der Waals surface area contributed by atoms with E-state index < -0.39 is 12.1 Å².